The summed E-state index contributed by atoms with van der Waals surface area (Å²) < 4.78 is 30.9. The van der Waals surface area contributed by atoms with Gasteiger partial charge in [0.25, 0.3) is 0 Å². The third-order valence-corrected chi connectivity index (χ3v) is 4.66. The summed E-state index contributed by atoms with van der Waals surface area (Å²) in [5.41, 5.74) is 4.99. The normalized spacial score (nSPS) is 11.0. The highest BCUT2D eigenvalue weighted by Gasteiger charge is 2.16. The van der Waals surface area contributed by atoms with Gasteiger partial charge in [-0.1, -0.05) is 6.07 Å². The van der Waals surface area contributed by atoms with E-state index in [4.69, 9.17) is 0 Å². The summed E-state index contributed by atoms with van der Waals surface area (Å²) in [4.78, 5) is 13.3. The lowest BCUT2D eigenvalue weighted by atomic mass is 10.1. The molecule has 0 aliphatic heterocycles. The predicted molar refractivity (Wildman–Crippen MR) is 112 cm³/mol. The van der Waals surface area contributed by atoms with Crippen molar-refractivity contribution in [3.63, 3.8) is 0 Å². The molecule has 0 unspecified atom stereocenters. The summed E-state index contributed by atoms with van der Waals surface area (Å²) in [6.45, 7) is 1.63. The number of halogens is 2. The van der Waals surface area contributed by atoms with Crippen LogP contribution in [0.5, 0.6) is 5.75 Å². The number of nitrogens with one attached hydrogen (secondary N) is 1. The van der Waals surface area contributed by atoms with Gasteiger partial charge in [0.1, 0.15) is 11.6 Å². The van der Waals surface area contributed by atoms with Crippen molar-refractivity contribution in [2.45, 2.75) is 27.0 Å². The van der Waals surface area contributed by atoms with E-state index in [2.05, 4.69) is 30.1 Å². The van der Waals surface area contributed by atoms with Crippen molar-refractivity contribution < 1.29 is 13.5 Å². The van der Waals surface area contributed by atoms with Gasteiger partial charge >= 0.3 is 6.61 Å². The van der Waals surface area contributed by atoms with E-state index in [1.807, 2.05) is 36.7 Å². The largest absolute Gasteiger partial charge is 0.435 e. The van der Waals surface area contributed by atoms with Crippen molar-refractivity contribution in [1.29, 1.82) is 0 Å². The van der Waals surface area contributed by atoms with Crippen LogP contribution >= 0.6 is 0 Å². The fourth-order valence-electron chi connectivity index (χ4n) is 3.28. The third-order valence-electron chi connectivity index (χ3n) is 4.66. The number of ether oxygens (including phenoxy) is 1. The Bertz CT molecular complexity index is 1160. The Morgan fingerprint density at radius 1 is 1.06 bits per heavy atom. The van der Waals surface area contributed by atoms with E-state index in [1.54, 1.807) is 30.7 Å². The number of hydrogen-bond donors (Lipinski definition) is 1. The molecule has 0 radical (unpaired) electrons. The van der Waals surface area contributed by atoms with Crippen molar-refractivity contribution in [2.24, 2.45) is 0 Å². The van der Waals surface area contributed by atoms with Crippen LogP contribution in [0.25, 0.3) is 11.3 Å². The Hall–Kier alpha value is -3.88. The molecule has 31 heavy (non-hydrogen) atoms. The van der Waals surface area contributed by atoms with E-state index in [0.717, 1.165) is 22.6 Å². The molecule has 3 heterocycles. The smallest absolute Gasteiger partial charge is 0.387 e. The van der Waals surface area contributed by atoms with E-state index >= 15 is 0 Å². The number of rotatable bonds is 7. The van der Waals surface area contributed by atoms with Gasteiger partial charge in [-0.2, -0.15) is 13.9 Å². The Labute approximate surface area is 177 Å². The van der Waals surface area contributed by atoms with Gasteiger partial charge < -0.3 is 10.1 Å². The van der Waals surface area contributed by atoms with Crippen LogP contribution < -0.4 is 10.1 Å². The maximum absolute atomic E-state index is 12.3. The minimum Gasteiger partial charge on any atom is -0.435 e. The Kier molecular flexibility index (Phi) is 5.83. The highest BCUT2D eigenvalue weighted by atomic mass is 19.3. The maximum atomic E-state index is 12.3. The van der Waals surface area contributed by atoms with Gasteiger partial charge in [0, 0.05) is 23.1 Å². The summed E-state index contributed by atoms with van der Waals surface area (Å²) in [5.74, 6) is 0.614. The molecular weight excluding hydrogens is 402 g/mol. The van der Waals surface area contributed by atoms with Crippen LogP contribution in [0.3, 0.4) is 0 Å². The van der Waals surface area contributed by atoms with Crippen LogP contribution in [0.2, 0.25) is 0 Å². The SMILES string of the molecule is Cc1nn(Cc2ccccn2)c(C)c1-c1cncc(Nc2ccc(OC(F)F)cc2)n1. The van der Waals surface area contributed by atoms with E-state index < -0.39 is 6.61 Å². The molecule has 0 aliphatic carbocycles. The molecule has 158 valence electrons. The van der Waals surface area contributed by atoms with Crippen LogP contribution in [0.4, 0.5) is 20.3 Å². The van der Waals surface area contributed by atoms with E-state index in [0.29, 0.717) is 23.7 Å². The summed E-state index contributed by atoms with van der Waals surface area (Å²) in [6, 6.07) is 12.0. The molecule has 1 aromatic carbocycles. The fraction of sp³-hybridized carbons (Fsp3) is 0.182. The first-order valence-corrected chi connectivity index (χ1v) is 9.58. The van der Waals surface area contributed by atoms with Crippen molar-refractivity contribution in [1.82, 2.24) is 24.7 Å². The van der Waals surface area contributed by atoms with Gasteiger partial charge in [-0.15, -0.1) is 0 Å². The lowest BCUT2D eigenvalue weighted by molar-refractivity contribution is -0.0498. The van der Waals surface area contributed by atoms with Crippen molar-refractivity contribution in [2.75, 3.05) is 5.32 Å². The Balaban J connectivity index is 1.56. The zero-order chi connectivity index (χ0) is 21.8. The predicted octanol–water partition coefficient (Wildman–Crippen LogP) is 4.75. The first kappa shape index (κ1) is 20.4. The standard InChI is InChI=1S/C22H20F2N6O/c1-14-21(15(2)30(29-14)13-17-5-3-4-10-26-17)19-11-25-12-20(28-19)27-16-6-8-18(9-7-16)31-22(23)24/h3-12,22H,13H2,1-2H3,(H,27,28). The monoisotopic (exact) mass is 422 g/mol. The van der Waals surface area contributed by atoms with Gasteiger partial charge in [0.05, 0.1) is 36.0 Å². The van der Waals surface area contributed by atoms with E-state index in [-0.39, 0.29) is 5.75 Å². The Morgan fingerprint density at radius 3 is 2.58 bits per heavy atom. The summed E-state index contributed by atoms with van der Waals surface area (Å²) in [6.07, 6.45) is 5.04. The molecule has 0 amide bonds. The molecule has 0 atom stereocenters. The molecule has 9 heteroatoms. The van der Waals surface area contributed by atoms with Crippen LogP contribution in [0.1, 0.15) is 17.1 Å². The van der Waals surface area contributed by atoms with Gasteiger partial charge in [0.2, 0.25) is 0 Å². The fourth-order valence-corrected chi connectivity index (χ4v) is 3.28. The number of anilines is 2. The minimum absolute atomic E-state index is 0.0898. The molecule has 4 rings (SSSR count). The second kappa shape index (κ2) is 8.86. The lowest BCUT2D eigenvalue weighted by Gasteiger charge is -2.09. The molecule has 0 spiro atoms. The van der Waals surface area contributed by atoms with Crippen molar-refractivity contribution >= 4 is 11.5 Å². The number of aromatic nitrogens is 5. The molecule has 4 aromatic rings. The number of nitrogens with zero attached hydrogens (tertiary/aromatic N) is 5. The maximum Gasteiger partial charge on any atom is 0.387 e. The first-order valence-electron chi connectivity index (χ1n) is 9.58. The van der Waals surface area contributed by atoms with Crippen LogP contribution in [-0.2, 0) is 6.54 Å². The molecule has 0 fully saturated rings. The second-order valence-electron chi connectivity index (χ2n) is 6.84. The zero-order valence-corrected chi connectivity index (χ0v) is 17.0. The zero-order valence-electron chi connectivity index (χ0n) is 17.0. The molecule has 0 saturated heterocycles. The Morgan fingerprint density at radius 2 is 1.87 bits per heavy atom. The number of benzene rings is 1. The van der Waals surface area contributed by atoms with Gasteiger partial charge in [-0.05, 0) is 50.2 Å². The molecule has 1 N–H and O–H groups in total. The van der Waals surface area contributed by atoms with Crippen molar-refractivity contribution in [3.8, 4) is 17.0 Å². The van der Waals surface area contributed by atoms with Crippen LogP contribution in [0, 0.1) is 13.8 Å². The first-order chi connectivity index (χ1) is 15.0. The summed E-state index contributed by atoms with van der Waals surface area (Å²) in [5, 5.41) is 7.77. The number of hydrogen-bond acceptors (Lipinski definition) is 6. The highest BCUT2D eigenvalue weighted by molar-refractivity contribution is 5.67. The van der Waals surface area contributed by atoms with E-state index in [1.165, 1.54) is 12.1 Å². The van der Waals surface area contributed by atoms with Gasteiger partial charge in [0.15, 0.2) is 0 Å². The number of pyridine rings is 1. The second-order valence-corrected chi connectivity index (χ2v) is 6.84. The number of aryl methyl sites for hydroxylation is 1. The van der Waals surface area contributed by atoms with Crippen LogP contribution in [0.15, 0.2) is 61.1 Å². The quantitative estimate of drug-likeness (QED) is 0.463. The summed E-state index contributed by atoms with van der Waals surface area (Å²) in [7, 11) is 0. The molecular formula is C22H20F2N6O. The molecule has 0 bridgehead atoms. The summed E-state index contributed by atoms with van der Waals surface area (Å²) >= 11 is 0. The van der Waals surface area contributed by atoms with Crippen LogP contribution in [-0.4, -0.2) is 31.3 Å². The molecule has 7 nitrogen and oxygen atoms in total. The lowest BCUT2D eigenvalue weighted by Crippen LogP contribution is -2.05. The van der Waals surface area contributed by atoms with Gasteiger partial charge in [-0.25, -0.2) is 4.98 Å². The van der Waals surface area contributed by atoms with Gasteiger partial charge in [-0.3, -0.25) is 14.6 Å². The molecule has 0 aliphatic rings. The topological polar surface area (TPSA) is 77.8 Å². The van der Waals surface area contributed by atoms with Crippen molar-refractivity contribution in [3.05, 3.63) is 78.1 Å². The highest BCUT2D eigenvalue weighted by Crippen LogP contribution is 2.27. The minimum atomic E-state index is -2.86. The third kappa shape index (κ3) is 4.82. The number of alkyl halides is 2. The average Bonchev–Trinajstić information content (AvgIpc) is 3.03. The molecule has 0 saturated carbocycles. The molecule has 3 aromatic heterocycles. The van der Waals surface area contributed by atoms with E-state index in [9.17, 15) is 8.78 Å². The average molecular weight is 422 g/mol.